The highest BCUT2D eigenvalue weighted by Gasteiger charge is 2.16. The summed E-state index contributed by atoms with van der Waals surface area (Å²) in [5, 5.41) is 0. The van der Waals surface area contributed by atoms with Gasteiger partial charge in [0, 0.05) is 31.5 Å². The average molecular weight is 251 g/mol. The van der Waals surface area contributed by atoms with Gasteiger partial charge in [-0.2, -0.15) is 0 Å². The van der Waals surface area contributed by atoms with E-state index < -0.39 is 0 Å². The van der Waals surface area contributed by atoms with Gasteiger partial charge in [0.1, 0.15) is 5.56 Å². The van der Waals surface area contributed by atoms with Crippen molar-refractivity contribution >= 4 is 5.91 Å². The van der Waals surface area contributed by atoms with Crippen molar-refractivity contribution in [2.75, 3.05) is 33.7 Å². The maximum atomic E-state index is 12.2. The summed E-state index contributed by atoms with van der Waals surface area (Å²) in [5.74, 6) is -0.196. The molecule has 1 N–H and O–H groups in total. The van der Waals surface area contributed by atoms with E-state index in [0.717, 1.165) is 13.0 Å². The van der Waals surface area contributed by atoms with Crippen molar-refractivity contribution in [3.05, 3.63) is 34.2 Å². The van der Waals surface area contributed by atoms with Gasteiger partial charge >= 0.3 is 0 Å². The summed E-state index contributed by atoms with van der Waals surface area (Å²) in [6.07, 6.45) is 3.90. The average Bonchev–Trinajstić information content (AvgIpc) is 2.34. The van der Waals surface area contributed by atoms with E-state index >= 15 is 0 Å². The Kier molecular flexibility index (Phi) is 5.58. The van der Waals surface area contributed by atoms with Crippen molar-refractivity contribution in [2.45, 2.75) is 13.3 Å². The molecule has 0 aromatic carbocycles. The number of aromatic nitrogens is 1. The minimum absolute atomic E-state index is 0.196. The Balaban J connectivity index is 2.68. The van der Waals surface area contributed by atoms with Crippen molar-refractivity contribution < 1.29 is 4.79 Å². The van der Waals surface area contributed by atoms with Crippen LogP contribution in [0.4, 0.5) is 0 Å². The molecule has 1 aromatic rings. The lowest BCUT2D eigenvalue weighted by Gasteiger charge is -2.21. The first kappa shape index (κ1) is 14.4. The van der Waals surface area contributed by atoms with Crippen molar-refractivity contribution in [3.8, 4) is 0 Å². The third-order valence-corrected chi connectivity index (χ3v) is 2.76. The minimum Gasteiger partial charge on any atom is -0.367 e. The van der Waals surface area contributed by atoms with Crippen LogP contribution in [0.5, 0.6) is 0 Å². The molecule has 0 saturated heterocycles. The summed E-state index contributed by atoms with van der Waals surface area (Å²) in [5.41, 5.74) is -0.0194. The molecule has 0 aliphatic rings. The smallest absolute Gasteiger partial charge is 0.259 e. The van der Waals surface area contributed by atoms with E-state index in [-0.39, 0.29) is 16.9 Å². The first-order valence-electron chi connectivity index (χ1n) is 6.17. The first-order valence-corrected chi connectivity index (χ1v) is 6.17. The zero-order valence-corrected chi connectivity index (χ0v) is 11.3. The van der Waals surface area contributed by atoms with E-state index in [1.54, 1.807) is 4.90 Å². The van der Waals surface area contributed by atoms with E-state index in [0.29, 0.717) is 13.1 Å². The second-order valence-corrected chi connectivity index (χ2v) is 4.46. The summed E-state index contributed by atoms with van der Waals surface area (Å²) in [7, 11) is 4.00. The topological polar surface area (TPSA) is 56.4 Å². The molecule has 0 aliphatic carbocycles. The third kappa shape index (κ3) is 4.00. The van der Waals surface area contributed by atoms with Crippen LogP contribution in [0.15, 0.2) is 23.3 Å². The Morgan fingerprint density at radius 1 is 1.33 bits per heavy atom. The molecule has 1 rings (SSSR count). The lowest BCUT2D eigenvalue weighted by Crippen LogP contribution is -2.35. The van der Waals surface area contributed by atoms with Gasteiger partial charge in [-0.25, -0.2) is 0 Å². The van der Waals surface area contributed by atoms with Crippen LogP contribution < -0.4 is 5.43 Å². The highest BCUT2D eigenvalue weighted by molar-refractivity contribution is 5.93. The molecule has 0 bridgehead atoms. The van der Waals surface area contributed by atoms with Crippen LogP contribution in [-0.2, 0) is 0 Å². The lowest BCUT2D eigenvalue weighted by molar-refractivity contribution is 0.0757. The van der Waals surface area contributed by atoms with Gasteiger partial charge < -0.3 is 14.8 Å². The Bertz CT molecular complexity index is 440. The Morgan fingerprint density at radius 2 is 2.06 bits per heavy atom. The quantitative estimate of drug-likeness (QED) is 0.813. The summed E-state index contributed by atoms with van der Waals surface area (Å²) in [4.78, 5) is 30.3. The molecule has 100 valence electrons. The van der Waals surface area contributed by atoms with E-state index in [4.69, 9.17) is 0 Å². The molecule has 0 spiro atoms. The largest absolute Gasteiger partial charge is 0.367 e. The fraction of sp³-hybridized carbons (Fsp3) is 0.538. The number of amides is 1. The highest BCUT2D eigenvalue weighted by Crippen LogP contribution is 2.00. The van der Waals surface area contributed by atoms with Crippen molar-refractivity contribution in [1.29, 1.82) is 0 Å². The predicted molar refractivity (Wildman–Crippen MR) is 71.8 cm³/mol. The van der Waals surface area contributed by atoms with Gasteiger partial charge in [-0.15, -0.1) is 0 Å². The van der Waals surface area contributed by atoms with Crippen LogP contribution in [0.1, 0.15) is 23.7 Å². The molecule has 1 heterocycles. The molecule has 0 radical (unpaired) electrons. The summed E-state index contributed by atoms with van der Waals surface area (Å²) in [6.45, 7) is 4.13. The second-order valence-electron chi connectivity index (χ2n) is 4.46. The Morgan fingerprint density at radius 3 is 2.61 bits per heavy atom. The zero-order valence-electron chi connectivity index (χ0n) is 11.3. The molecule has 0 fully saturated rings. The van der Waals surface area contributed by atoms with Crippen LogP contribution >= 0.6 is 0 Å². The molecule has 0 aliphatic heterocycles. The zero-order chi connectivity index (χ0) is 13.5. The van der Waals surface area contributed by atoms with E-state index in [9.17, 15) is 9.59 Å². The van der Waals surface area contributed by atoms with Gasteiger partial charge in [0.25, 0.3) is 5.91 Å². The number of nitrogens with one attached hydrogen (secondary N) is 1. The van der Waals surface area contributed by atoms with Crippen LogP contribution in [0.2, 0.25) is 0 Å². The van der Waals surface area contributed by atoms with Crippen LogP contribution in [-0.4, -0.2) is 54.4 Å². The van der Waals surface area contributed by atoms with Gasteiger partial charge in [-0.3, -0.25) is 9.59 Å². The number of aromatic amines is 1. The third-order valence-electron chi connectivity index (χ3n) is 2.76. The molecule has 5 heteroatoms. The molecule has 0 atom stereocenters. The van der Waals surface area contributed by atoms with Gasteiger partial charge in [-0.1, -0.05) is 0 Å². The maximum Gasteiger partial charge on any atom is 0.259 e. The van der Waals surface area contributed by atoms with Crippen LogP contribution in [0.25, 0.3) is 0 Å². The van der Waals surface area contributed by atoms with E-state index in [1.807, 2.05) is 21.0 Å². The number of hydrogen-bond acceptors (Lipinski definition) is 3. The lowest BCUT2D eigenvalue weighted by atomic mass is 10.2. The molecule has 1 amide bonds. The van der Waals surface area contributed by atoms with Crippen LogP contribution in [0.3, 0.4) is 0 Å². The molecule has 18 heavy (non-hydrogen) atoms. The summed E-state index contributed by atoms with van der Waals surface area (Å²) >= 11 is 0. The number of rotatable bonds is 6. The van der Waals surface area contributed by atoms with Gasteiger partial charge in [0.2, 0.25) is 0 Å². The highest BCUT2D eigenvalue weighted by atomic mass is 16.2. The number of pyridine rings is 1. The first-order chi connectivity index (χ1) is 8.56. The molecule has 0 saturated carbocycles. The molecular weight excluding hydrogens is 230 g/mol. The Labute approximate surface area is 107 Å². The molecule has 0 unspecified atom stereocenters. The van der Waals surface area contributed by atoms with Crippen molar-refractivity contribution in [2.24, 2.45) is 0 Å². The van der Waals surface area contributed by atoms with Gasteiger partial charge in [0.15, 0.2) is 5.43 Å². The fourth-order valence-corrected chi connectivity index (χ4v) is 1.73. The number of hydrogen-bond donors (Lipinski definition) is 1. The van der Waals surface area contributed by atoms with Crippen LogP contribution in [0, 0.1) is 0 Å². The molecular formula is C13H21N3O2. The van der Waals surface area contributed by atoms with Gasteiger partial charge in [-0.05, 0) is 34.0 Å². The SMILES string of the molecule is CCN(CCCN(C)C)C(=O)c1c[nH]ccc1=O. The van der Waals surface area contributed by atoms with Crippen molar-refractivity contribution in [3.63, 3.8) is 0 Å². The predicted octanol–water partition coefficient (Wildman–Crippen LogP) is 0.789. The molecule has 5 nitrogen and oxygen atoms in total. The minimum atomic E-state index is -0.232. The number of nitrogens with zero attached hydrogens (tertiary/aromatic N) is 2. The number of carbonyl (C=O) groups is 1. The van der Waals surface area contributed by atoms with Gasteiger partial charge in [0.05, 0.1) is 0 Å². The summed E-state index contributed by atoms with van der Waals surface area (Å²) < 4.78 is 0. The second kappa shape index (κ2) is 6.96. The normalized spacial score (nSPS) is 10.7. The van der Waals surface area contributed by atoms with Crippen molar-refractivity contribution in [1.82, 2.24) is 14.8 Å². The summed E-state index contributed by atoms with van der Waals surface area (Å²) in [6, 6.07) is 1.38. The maximum absolute atomic E-state index is 12.2. The van der Waals surface area contributed by atoms with E-state index in [1.165, 1.54) is 18.5 Å². The fourth-order valence-electron chi connectivity index (χ4n) is 1.73. The standard InChI is InChI=1S/C13H21N3O2/c1-4-16(9-5-8-15(2)3)13(18)11-10-14-7-6-12(11)17/h6-7,10H,4-5,8-9H2,1-3H3,(H,14,17). The number of H-pyrrole nitrogens is 1. The van der Waals surface area contributed by atoms with E-state index in [2.05, 4.69) is 9.88 Å². The molecule has 1 aromatic heterocycles. The monoisotopic (exact) mass is 251 g/mol. The Hall–Kier alpha value is -1.62. The number of carbonyl (C=O) groups excluding carboxylic acids is 1.